The third kappa shape index (κ3) is 2.79. The lowest BCUT2D eigenvalue weighted by Gasteiger charge is -2.29. The first-order chi connectivity index (χ1) is 11.0. The van der Waals surface area contributed by atoms with Crippen LogP contribution >= 0.6 is 0 Å². The predicted octanol–water partition coefficient (Wildman–Crippen LogP) is 4.42. The second-order valence-corrected chi connectivity index (χ2v) is 6.53. The van der Waals surface area contributed by atoms with Gasteiger partial charge >= 0.3 is 0 Å². The van der Waals surface area contributed by atoms with Crippen LogP contribution in [0.1, 0.15) is 19.4 Å². The lowest BCUT2D eigenvalue weighted by atomic mass is 9.80. The molecule has 0 spiro atoms. The van der Waals surface area contributed by atoms with Gasteiger partial charge in [-0.1, -0.05) is 32.0 Å². The number of benzene rings is 2. The van der Waals surface area contributed by atoms with Crippen LogP contribution in [0.25, 0.3) is 0 Å². The molecule has 0 saturated heterocycles. The highest BCUT2D eigenvalue weighted by Gasteiger charge is 2.41. The van der Waals surface area contributed by atoms with E-state index in [-0.39, 0.29) is 5.41 Å². The molecule has 3 rings (SSSR count). The summed E-state index contributed by atoms with van der Waals surface area (Å²) >= 11 is 0. The van der Waals surface area contributed by atoms with Crippen LogP contribution in [0.4, 0.5) is 11.4 Å². The molecule has 0 saturated carbocycles. The van der Waals surface area contributed by atoms with E-state index in [1.807, 2.05) is 30.5 Å². The Hall–Kier alpha value is -2.42. The summed E-state index contributed by atoms with van der Waals surface area (Å²) in [5, 5.41) is 3.35. The molecule has 0 aliphatic carbocycles. The molecular formula is C20H24N2O. The van der Waals surface area contributed by atoms with Crippen LogP contribution in [0.5, 0.6) is 5.75 Å². The van der Waals surface area contributed by atoms with E-state index in [0.29, 0.717) is 6.04 Å². The maximum Gasteiger partial charge on any atom is 0.119 e. The van der Waals surface area contributed by atoms with E-state index in [4.69, 9.17) is 4.74 Å². The highest BCUT2D eigenvalue weighted by molar-refractivity contribution is 5.64. The molecule has 1 aliphatic rings. The van der Waals surface area contributed by atoms with Crippen LogP contribution in [0.3, 0.4) is 0 Å². The van der Waals surface area contributed by atoms with Crippen LogP contribution in [0.2, 0.25) is 0 Å². The van der Waals surface area contributed by atoms with Crippen molar-refractivity contribution in [1.29, 1.82) is 0 Å². The summed E-state index contributed by atoms with van der Waals surface area (Å²) in [6.07, 6.45) is 4.28. The Morgan fingerprint density at radius 1 is 1.09 bits per heavy atom. The Morgan fingerprint density at radius 3 is 2.43 bits per heavy atom. The molecule has 1 aliphatic heterocycles. The first kappa shape index (κ1) is 15.5. The van der Waals surface area contributed by atoms with Crippen molar-refractivity contribution in [1.82, 2.24) is 0 Å². The van der Waals surface area contributed by atoms with E-state index in [2.05, 4.69) is 61.5 Å². The minimum absolute atomic E-state index is 0.0867. The molecule has 0 fully saturated rings. The van der Waals surface area contributed by atoms with Crippen LogP contribution < -0.4 is 15.0 Å². The molecule has 1 N–H and O–H groups in total. The smallest absolute Gasteiger partial charge is 0.119 e. The zero-order valence-corrected chi connectivity index (χ0v) is 14.2. The molecule has 1 atom stereocenters. The second-order valence-electron chi connectivity index (χ2n) is 6.53. The van der Waals surface area contributed by atoms with Gasteiger partial charge in [0.25, 0.3) is 0 Å². The lowest BCUT2D eigenvalue weighted by Crippen LogP contribution is -2.37. The van der Waals surface area contributed by atoms with Gasteiger partial charge in [-0.05, 0) is 48.2 Å². The Labute approximate surface area is 138 Å². The van der Waals surface area contributed by atoms with Crippen LogP contribution in [-0.4, -0.2) is 20.2 Å². The normalized spacial score (nSPS) is 19.0. The first-order valence-electron chi connectivity index (χ1n) is 7.93. The Balaban J connectivity index is 1.75. The van der Waals surface area contributed by atoms with Gasteiger partial charge in [0.1, 0.15) is 5.75 Å². The summed E-state index contributed by atoms with van der Waals surface area (Å²) in [5.41, 5.74) is 3.86. The van der Waals surface area contributed by atoms with Gasteiger partial charge < -0.3 is 15.0 Å². The summed E-state index contributed by atoms with van der Waals surface area (Å²) < 4.78 is 5.18. The number of methoxy groups -OCH3 is 1. The van der Waals surface area contributed by atoms with Gasteiger partial charge in [0, 0.05) is 23.8 Å². The van der Waals surface area contributed by atoms with Crippen molar-refractivity contribution >= 4 is 11.4 Å². The van der Waals surface area contributed by atoms with E-state index < -0.39 is 0 Å². The highest BCUT2D eigenvalue weighted by atomic mass is 16.5. The summed E-state index contributed by atoms with van der Waals surface area (Å²) in [6.45, 7) is 4.61. The minimum Gasteiger partial charge on any atom is -0.497 e. The Kier molecular flexibility index (Phi) is 4.03. The number of anilines is 2. The van der Waals surface area contributed by atoms with Gasteiger partial charge in [0.05, 0.1) is 13.2 Å². The monoisotopic (exact) mass is 308 g/mol. The van der Waals surface area contributed by atoms with Gasteiger partial charge in [-0.15, -0.1) is 0 Å². The molecule has 23 heavy (non-hydrogen) atoms. The van der Waals surface area contributed by atoms with Crippen molar-refractivity contribution in [2.45, 2.75) is 25.3 Å². The maximum absolute atomic E-state index is 5.18. The van der Waals surface area contributed by atoms with E-state index in [1.165, 1.54) is 11.3 Å². The van der Waals surface area contributed by atoms with E-state index in [1.54, 1.807) is 7.11 Å². The Bertz CT molecular complexity index is 704. The first-order valence-corrected chi connectivity index (χ1v) is 7.93. The molecule has 0 amide bonds. The molecule has 3 nitrogen and oxygen atoms in total. The molecule has 0 bridgehead atoms. The van der Waals surface area contributed by atoms with Crippen molar-refractivity contribution in [2.75, 3.05) is 24.4 Å². The van der Waals surface area contributed by atoms with Crippen molar-refractivity contribution < 1.29 is 4.74 Å². The molecule has 1 heterocycles. The SMILES string of the molecule is COc1ccc(N/C=C/C2N(C)c3ccccc3C2(C)C)cc1. The predicted molar refractivity (Wildman–Crippen MR) is 97.4 cm³/mol. The zero-order chi connectivity index (χ0) is 16.4. The number of likely N-dealkylation sites (N-methyl/N-ethyl adjacent to an activating group) is 1. The molecule has 1 unspecified atom stereocenters. The van der Waals surface area contributed by atoms with Gasteiger partial charge in [-0.25, -0.2) is 0 Å². The van der Waals surface area contributed by atoms with Crippen LogP contribution in [-0.2, 0) is 5.41 Å². The molecule has 0 radical (unpaired) electrons. The quantitative estimate of drug-likeness (QED) is 0.905. The highest BCUT2D eigenvalue weighted by Crippen LogP contribution is 2.44. The van der Waals surface area contributed by atoms with Crippen molar-refractivity contribution in [2.24, 2.45) is 0 Å². The number of hydrogen-bond donors (Lipinski definition) is 1. The van der Waals surface area contributed by atoms with Crippen molar-refractivity contribution in [3.8, 4) is 5.75 Å². The molecule has 3 heteroatoms. The number of nitrogens with zero attached hydrogens (tertiary/aromatic N) is 1. The number of rotatable bonds is 4. The fraction of sp³-hybridized carbons (Fsp3) is 0.300. The number of para-hydroxylation sites is 1. The van der Waals surface area contributed by atoms with Gasteiger partial charge in [0.15, 0.2) is 0 Å². The molecular weight excluding hydrogens is 284 g/mol. The van der Waals surface area contributed by atoms with E-state index in [9.17, 15) is 0 Å². The van der Waals surface area contributed by atoms with Gasteiger partial charge in [0.2, 0.25) is 0 Å². The largest absolute Gasteiger partial charge is 0.497 e. The summed E-state index contributed by atoms with van der Waals surface area (Å²) in [7, 11) is 3.84. The van der Waals surface area contributed by atoms with E-state index in [0.717, 1.165) is 11.4 Å². The average molecular weight is 308 g/mol. The summed E-state index contributed by atoms with van der Waals surface area (Å²) in [6, 6.07) is 16.9. The molecule has 2 aromatic rings. The van der Waals surface area contributed by atoms with Crippen molar-refractivity contribution in [3.63, 3.8) is 0 Å². The summed E-state index contributed by atoms with van der Waals surface area (Å²) in [4.78, 5) is 2.35. The third-order valence-corrected chi connectivity index (χ3v) is 4.75. The topological polar surface area (TPSA) is 24.5 Å². The van der Waals surface area contributed by atoms with Gasteiger partial charge in [-0.2, -0.15) is 0 Å². The van der Waals surface area contributed by atoms with Crippen LogP contribution in [0, 0.1) is 0 Å². The second kappa shape index (κ2) is 5.99. The van der Waals surface area contributed by atoms with E-state index >= 15 is 0 Å². The Morgan fingerprint density at radius 2 is 1.78 bits per heavy atom. The third-order valence-electron chi connectivity index (χ3n) is 4.75. The molecule has 0 aromatic heterocycles. The summed E-state index contributed by atoms with van der Waals surface area (Å²) in [5.74, 6) is 0.867. The maximum atomic E-state index is 5.18. The van der Waals surface area contributed by atoms with Crippen LogP contribution in [0.15, 0.2) is 60.8 Å². The average Bonchev–Trinajstić information content (AvgIpc) is 2.76. The van der Waals surface area contributed by atoms with Crippen molar-refractivity contribution in [3.05, 3.63) is 66.4 Å². The fourth-order valence-corrected chi connectivity index (χ4v) is 3.41. The van der Waals surface area contributed by atoms with Gasteiger partial charge in [-0.3, -0.25) is 0 Å². The molecule has 120 valence electrons. The zero-order valence-electron chi connectivity index (χ0n) is 14.2. The minimum atomic E-state index is 0.0867. The standard InChI is InChI=1S/C20H24N2O/c1-20(2)17-7-5-6-8-18(17)22(3)19(20)13-14-21-15-9-11-16(23-4)12-10-15/h5-14,19,21H,1-4H3/b14-13+. The number of hydrogen-bond acceptors (Lipinski definition) is 3. The number of fused-ring (bicyclic) bond motifs is 1. The number of ether oxygens (including phenoxy) is 1. The number of nitrogens with one attached hydrogen (secondary N) is 1. The molecule has 2 aromatic carbocycles. The lowest BCUT2D eigenvalue weighted by molar-refractivity contribution is 0.415. The fourth-order valence-electron chi connectivity index (χ4n) is 3.41.